The number of benzene rings is 1. The van der Waals surface area contributed by atoms with Crippen LogP contribution in [0, 0.1) is 6.92 Å². The first-order valence-corrected chi connectivity index (χ1v) is 9.20. The van der Waals surface area contributed by atoms with E-state index in [1.54, 1.807) is 19.1 Å². The molecule has 3 rings (SSSR count). The highest BCUT2D eigenvalue weighted by Gasteiger charge is 2.27. The highest BCUT2D eigenvalue weighted by Crippen LogP contribution is 2.43. The average Bonchev–Trinajstić information content (AvgIpc) is 2.78. The molecule has 0 unspecified atom stereocenters. The van der Waals surface area contributed by atoms with Crippen LogP contribution in [0.1, 0.15) is 16.1 Å². The lowest BCUT2D eigenvalue weighted by Crippen LogP contribution is -2.38. The Morgan fingerprint density at radius 2 is 1.52 bits per heavy atom. The highest BCUT2D eigenvalue weighted by molar-refractivity contribution is 6.07. The monoisotopic (exact) mass is 429 g/mol. The SMILES string of the molecule is COC(=O)c1c(C)nc2c(c1-c1cc(OC)c(OC)c(OC)c1)c(=O)n(C)c(=O)n2C. The minimum Gasteiger partial charge on any atom is -0.493 e. The third-order valence-electron chi connectivity index (χ3n) is 5.11. The molecule has 0 aliphatic rings. The Hall–Kier alpha value is -3.82. The van der Waals surface area contributed by atoms with Crippen molar-refractivity contribution in [3.63, 3.8) is 0 Å². The second-order valence-electron chi connectivity index (χ2n) is 6.76. The molecule has 0 atom stereocenters. The lowest BCUT2D eigenvalue weighted by molar-refractivity contribution is 0.0600. The Balaban J connectivity index is 2.65. The van der Waals surface area contributed by atoms with E-state index in [2.05, 4.69) is 4.98 Å². The van der Waals surface area contributed by atoms with E-state index >= 15 is 0 Å². The number of rotatable bonds is 5. The van der Waals surface area contributed by atoms with Crippen LogP contribution >= 0.6 is 0 Å². The van der Waals surface area contributed by atoms with Crippen LogP contribution in [0.5, 0.6) is 17.2 Å². The predicted molar refractivity (Wildman–Crippen MR) is 113 cm³/mol. The first-order chi connectivity index (χ1) is 14.7. The van der Waals surface area contributed by atoms with Crippen molar-refractivity contribution in [1.29, 1.82) is 0 Å². The molecule has 0 aliphatic heterocycles. The van der Waals surface area contributed by atoms with Crippen molar-refractivity contribution in [3.05, 3.63) is 44.2 Å². The number of carbonyl (C=O) groups excluding carboxylic acids is 1. The Kier molecular flexibility index (Phi) is 5.74. The summed E-state index contributed by atoms with van der Waals surface area (Å²) in [5, 5.41) is 0.0878. The molecule has 0 amide bonds. The zero-order valence-corrected chi connectivity index (χ0v) is 18.4. The molecule has 0 saturated heterocycles. The molecule has 31 heavy (non-hydrogen) atoms. The van der Waals surface area contributed by atoms with Gasteiger partial charge in [-0.3, -0.25) is 13.9 Å². The molecule has 0 spiro atoms. The summed E-state index contributed by atoms with van der Waals surface area (Å²) in [6, 6.07) is 3.24. The van der Waals surface area contributed by atoms with Gasteiger partial charge in [-0.25, -0.2) is 14.6 Å². The largest absolute Gasteiger partial charge is 0.493 e. The number of methoxy groups -OCH3 is 4. The maximum Gasteiger partial charge on any atom is 0.340 e. The molecule has 1 aromatic carbocycles. The lowest BCUT2D eigenvalue weighted by atomic mass is 9.95. The third-order valence-corrected chi connectivity index (χ3v) is 5.11. The van der Waals surface area contributed by atoms with Gasteiger partial charge in [0.1, 0.15) is 5.65 Å². The van der Waals surface area contributed by atoms with Crippen LogP contribution in [0.15, 0.2) is 21.7 Å². The van der Waals surface area contributed by atoms with Gasteiger partial charge in [-0.15, -0.1) is 0 Å². The molecular formula is C21H23N3O7. The van der Waals surface area contributed by atoms with E-state index in [-0.39, 0.29) is 22.2 Å². The molecule has 0 fully saturated rings. The van der Waals surface area contributed by atoms with Crippen molar-refractivity contribution < 1.29 is 23.7 Å². The van der Waals surface area contributed by atoms with Crippen molar-refractivity contribution in [2.24, 2.45) is 14.1 Å². The maximum absolute atomic E-state index is 13.2. The number of carbonyl (C=O) groups is 1. The molecule has 10 heteroatoms. The average molecular weight is 429 g/mol. The maximum atomic E-state index is 13.2. The van der Waals surface area contributed by atoms with Gasteiger partial charge >= 0.3 is 11.7 Å². The molecular weight excluding hydrogens is 406 g/mol. The second kappa shape index (κ2) is 8.13. The summed E-state index contributed by atoms with van der Waals surface area (Å²) in [7, 11) is 8.50. The Morgan fingerprint density at radius 3 is 2.00 bits per heavy atom. The van der Waals surface area contributed by atoms with Crippen molar-refractivity contribution in [2.75, 3.05) is 28.4 Å². The zero-order valence-electron chi connectivity index (χ0n) is 18.4. The number of pyridine rings is 1. The van der Waals surface area contributed by atoms with E-state index < -0.39 is 17.2 Å². The van der Waals surface area contributed by atoms with Gasteiger partial charge in [0.15, 0.2) is 11.5 Å². The summed E-state index contributed by atoms with van der Waals surface area (Å²) >= 11 is 0. The molecule has 0 bridgehead atoms. The van der Waals surface area contributed by atoms with Gasteiger partial charge in [0, 0.05) is 19.7 Å². The quantitative estimate of drug-likeness (QED) is 0.560. The highest BCUT2D eigenvalue weighted by atomic mass is 16.5. The van der Waals surface area contributed by atoms with Crippen LogP contribution in [0.25, 0.3) is 22.2 Å². The lowest BCUT2D eigenvalue weighted by Gasteiger charge is -2.18. The Labute approximate surface area is 177 Å². The van der Waals surface area contributed by atoms with Crippen LogP contribution in [-0.2, 0) is 18.8 Å². The molecule has 0 radical (unpaired) electrons. The third kappa shape index (κ3) is 3.29. The van der Waals surface area contributed by atoms with Gasteiger partial charge in [0.2, 0.25) is 5.75 Å². The minimum absolute atomic E-state index is 0.0878. The number of nitrogens with zero attached hydrogens (tertiary/aromatic N) is 3. The van der Waals surface area contributed by atoms with Gasteiger partial charge < -0.3 is 18.9 Å². The molecule has 2 heterocycles. The van der Waals surface area contributed by atoms with Gasteiger partial charge in [0.25, 0.3) is 5.56 Å². The van der Waals surface area contributed by atoms with E-state index in [4.69, 9.17) is 18.9 Å². The van der Waals surface area contributed by atoms with E-state index in [1.807, 2.05) is 0 Å². The molecule has 10 nitrogen and oxygen atoms in total. The topological polar surface area (TPSA) is 111 Å². The molecule has 0 saturated carbocycles. The summed E-state index contributed by atoms with van der Waals surface area (Å²) in [5.41, 5.74) is 0.0879. The van der Waals surface area contributed by atoms with Crippen LogP contribution in [0.3, 0.4) is 0 Å². The minimum atomic E-state index is -0.674. The van der Waals surface area contributed by atoms with E-state index in [0.29, 0.717) is 28.5 Å². The second-order valence-corrected chi connectivity index (χ2v) is 6.76. The van der Waals surface area contributed by atoms with E-state index in [9.17, 15) is 14.4 Å². The van der Waals surface area contributed by atoms with Crippen LogP contribution in [0.2, 0.25) is 0 Å². The van der Waals surface area contributed by atoms with Gasteiger partial charge in [0.05, 0.1) is 45.1 Å². The van der Waals surface area contributed by atoms with Crippen molar-refractivity contribution in [3.8, 4) is 28.4 Å². The van der Waals surface area contributed by atoms with Crippen LogP contribution in [0.4, 0.5) is 0 Å². The summed E-state index contributed by atoms with van der Waals surface area (Å²) in [6.07, 6.45) is 0. The normalized spacial score (nSPS) is 10.8. The van der Waals surface area contributed by atoms with Crippen molar-refractivity contribution in [2.45, 2.75) is 6.92 Å². The standard InChI is InChI=1S/C21H23N3O7/c1-10-14(20(26)31-7)15(11-8-12(28-4)17(30-6)13(9-11)29-5)16-18(22-10)23(2)21(27)24(3)19(16)25/h8-9H,1-7H3. The summed E-state index contributed by atoms with van der Waals surface area (Å²) in [4.78, 5) is 42.7. The number of hydrogen-bond acceptors (Lipinski definition) is 8. The first kappa shape index (κ1) is 21.9. The number of esters is 1. The molecule has 2 aromatic heterocycles. The fourth-order valence-electron chi connectivity index (χ4n) is 3.57. The fraction of sp³-hybridized carbons (Fsp3) is 0.333. The van der Waals surface area contributed by atoms with Crippen molar-refractivity contribution in [1.82, 2.24) is 14.1 Å². The molecule has 0 aliphatic carbocycles. The Morgan fingerprint density at radius 1 is 0.935 bits per heavy atom. The number of aryl methyl sites for hydroxylation is 2. The van der Waals surface area contributed by atoms with Crippen LogP contribution < -0.4 is 25.5 Å². The number of ether oxygens (including phenoxy) is 4. The Bertz CT molecular complexity index is 1300. The molecule has 3 aromatic rings. The van der Waals surface area contributed by atoms with Crippen LogP contribution in [-0.4, -0.2) is 48.5 Å². The zero-order chi connectivity index (χ0) is 23.0. The number of fused-ring (bicyclic) bond motifs is 1. The van der Waals surface area contributed by atoms with E-state index in [1.165, 1.54) is 47.1 Å². The number of aromatic nitrogens is 3. The fourth-order valence-corrected chi connectivity index (χ4v) is 3.57. The molecule has 164 valence electrons. The number of hydrogen-bond donors (Lipinski definition) is 0. The van der Waals surface area contributed by atoms with Gasteiger partial charge in [-0.1, -0.05) is 0 Å². The van der Waals surface area contributed by atoms with Gasteiger partial charge in [-0.2, -0.15) is 0 Å². The summed E-state index contributed by atoms with van der Waals surface area (Å²) in [6.45, 7) is 1.61. The predicted octanol–water partition coefficient (Wildman–Crippen LogP) is 1.42. The smallest absolute Gasteiger partial charge is 0.340 e. The van der Waals surface area contributed by atoms with Crippen molar-refractivity contribution >= 4 is 17.0 Å². The summed E-state index contributed by atoms with van der Waals surface area (Å²) in [5.74, 6) is 0.337. The van der Waals surface area contributed by atoms with Gasteiger partial charge in [-0.05, 0) is 24.6 Å². The summed E-state index contributed by atoms with van der Waals surface area (Å²) < 4.78 is 23.4. The molecule has 0 N–H and O–H groups in total. The van der Waals surface area contributed by atoms with E-state index in [0.717, 1.165) is 4.57 Å². The first-order valence-electron chi connectivity index (χ1n) is 9.20.